The highest BCUT2D eigenvalue weighted by atomic mass is 19.1. The predicted molar refractivity (Wildman–Crippen MR) is 127 cm³/mol. The third-order valence-corrected chi connectivity index (χ3v) is 5.84. The quantitative estimate of drug-likeness (QED) is 0.384. The molecule has 1 heterocycles. The molecule has 8 heteroatoms. The molecular weight excluding hydrogens is 456 g/mol. The third kappa shape index (κ3) is 6.08. The molecule has 3 aromatic rings. The Kier molecular flexibility index (Phi) is 7.82. The molecule has 3 aromatic carbocycles. The summed E-state index contributed by atoms with van der Waals surface area (Å²) >= 11 is 0. The van der Waals surface area contributed by atoms with Crippen LogP contribution >= 0.6 is 0 Å². The highest BCUT2D eigenvalue weighted by Crippen LogP contribution is 2.36. The fraction of sp³-hybridized carbons (Fsp3) is 0.296. The standard InChI is InChI=1S/C27H27F2NO5/c1-17-19(4-2-5-21(17)18-7-8-24-26(13-18)34-11-10-33-24)16-35-25-14-22(28)20(12-23(25)29)15-30-9-3-6-27(31)32/h2,4-5,7-8,12-14,30H,3,6,9-11,15-16H2,1H3,(H,31,32). The Labute approximate surface area is 202 Å². The van der Waals surface area contributed by atoms with Crippen molar-refractivity contribution in [1.29, 1.82) is 0 Å². The lowest BCUT2D eigenvalue weighted by Gasteiger charge is -2.20. The minimum atomic E-state index is -0.891. The van der Waals surface area contributed by atoms with Gasteiger partial charge in [0.15, 0.2) is 23.1 Å². The number of halogens is 2. The van der Waals surface area contributed by atoms with Crippen LogP contribution in [0.4, 0.5) is 8.78 Å². The normalized spacial score (nSPS) is 12.4. The summed E-state index contributed by atoms with van der Waals surface area (Å²) in [6.07, 6.45) is 0.428. The van der Waals surface area contributed by atoms with Crippen LogP contribution in [0.3, 0.4) is 0 Å². The molecule has 35 heavy (non-hydrogen) atoms. The summed E-state index contributed by atoms with van der Waals surface area (Å²) in [6, 6.07) is 13.7. The second-order valence-electron chi connectivity index (χ2n) is 8.28. The van der Waals surface area contributed by atoms with E-state index in [1.165, 1.54) is 0 Å². The number of nitrogens with one attached hydrogen (secondary N) is 1. The van der Waals surface area contributed by atoms with Crippen molar-refractivity contribution in [3.63, 3.8) is 0 Å². The molecule has 0 spiro atoms. The van der Waals surface area contributed by atoms with E-state index in [0.29, 0.717) is 37.7 Å². The number of carboxylic acid groups (broad SMARTS) is 1. The Bertz CT molecular complexity index is 1210. The largest absolute Gasteiger partial charge is 0.486 e. The lowest BCUT2D eigenvalue weighted by Crippen LogP contribution is -2.17. The molecule has 2 N–H and O–H groups in total. The van der Waals surface area contributed by atoms with Gasteiger partial charge in [-0.3, -0.25) is 4.79 Å². The number of carboxylic acids is 1. The SMILES string of the molecule is Cc1c(COc2cc(F)c(CNCCCC(=O)O)cc2F)cccc1-c1ccc2c(c1)OCCO2. The van der Waals surface area contributed by atoms with Gasteiger partial charge in [-0.25, -0.2) is 8.78 Å². The molecule has 0 radical (unpaired) electrons. The van der Waals surface area contributed by atoms with Gasteiger partial charge in [-0.1, -0.05) is 24.3 Å². The zero-order chi connectivity index (χ0) is 24.8. The molecule has 184 valence electrons. The van der Waals surface area contributed by atoms with Crippen molar-refractivity contribution in [2.24, 2.45) is 0 Å². The molecule has 0 saturated carbocycles. The summed E-state index contributed by atoms with van der Waals surface area (Å²) in [6.45, 7) is 3.56. The summed E-state index contributed by atoms with van der Waals surface area (Å²) in [5, 5.41) is 11.6. The minimum Gasteiger partial charge on any atom is -0.486 e. The number of benzene rings is 3. The van der Waals surface area contributed by atoms with E-state index >= 15 is 0 Å². The molecular formula is C27H27F2NO5. The molecule has 0 amide bonds. The number of carbonyl (C=O) groups is 1. The van der Waals surface area contributed by atoms with Gasteiger partial charge in [0.25, 0.3) is 0 Å². The summed E-state index contributed by atoms with van der Waals surface area (Å²) in [5.41, 5.74) is 3.92. The number of fused-ring (bicyclic) bond motifs is 1. The van der Waals surface area contributed by atoms with Gasteiger partial charge in [0.05, 0.1) is 0 Å². The lowest BCUT2D eigenvalue weighted by atomic mass is 9.96. The number of hydrogen-bond donors (Lipinski definition) is 2. The molecule has 0 atom stereocenters. The zero-order valence-corrected chi connectivity index (χ0v) is 19.4. The Hall–Kier alpha value is -3.65. The first-order valence-corrected chi connectivity index (χ1v) is 11.4. The summed E-state index contributed by atoms with van der Waals surface area (Å²) in [7, 11) is 0. The molecule has 0 aliphatic carbocycles. The molecule has 6 nitrogen and oxygen atoms in total. The second kappa shape index (κ2) is 11.2. The van der Waals surface area contributed by atoms with Crippen LogP contribution in [0.25, 0.3) is 11.1 Å². The average molecular weight is 484 g/mol. The van der Waals surface area contributed by atoms with Crippen LogP contribution in [0, 0.1) is 18.6 Å². The molecule has 0 aromatic heterocycles. The van der Waals surface area contributed by atoms with Gasteiger partial charge in [0, 0.05) is 24.6 Å². The molecule has 0 saturated heterocycles. The van der Waals surface area contributed by atoms with E-state index < -0.39 is 17.6 Å². The van der Waals surface area contributed by atoms with Crippen LogP contribution in [-0.2, 0) is 17.9 Å². The number of ether oxygens (including phenoxy) is 3. The molecule has 1 aliphatic heterocycles. The topological polar surface area (TPSA) is 77.0 Å². The van der Waals surface area contributed by atoms with E-state index in [2.05, 4.69) is 5.32 Å². The van der Waals surface area contributed by atoms with Gasteiger partial charge < -0.3 is 24.6 Å². The molecule has 0 unspecified atom stereocenters. The minimum absolute atomic E-state index is 0.0197. The van der Waals surface area contributed by atoms with Crippen LogP contribution < -0.4 is 19.5 Å². The van der Waals surface area contributed by atoms with Crippen LogP contribution in [0.15, 0.2) is 48.5 Å². The van der Waals surface area contributed by atoms with Gasteiger partial charge in [-0.15, -0.1) is 0 Å². The summed E-state index contributed by atoms with van der Waals surface area (Å²) in [4.78, 5) is 10.5. The predicted octanol–water partition coefficient (Wildman–Crippen LogP) is 5.24. The van der Waals surface area contributed by atoms with Crippen molar-refractivity contribution in [1.82, 2.24) is 5.32 Å². The fourth-order valence-electron chi connectivity index (χ4n) is 3.92. The van der Waals surface area contributed by atoms with Gasteiger partial charge >= 0.3 is 5.97 Å². The van der Waals surface area contributed by atoms with Crippen molar-refractivity contribution in [2.75, 3.05) is 19.8 Å². The lowest BCUT2D eigenvalue weighted by molar-refractivity contribution is -0.137. The maximum absolute atomic E-state index is 14.6. The van der Waals surface area contributed by atoms with Gasteiger partial charge in [0.2, 0.25) is 0 Å². The van der Waals surface area contributed by atoms with Crippen LogP contribution in [0.1, 0.15) is 29.5 Å². The van der Waals surface area contributed by atoms with Crippen molar-refractivity contribution < 1.29 is 32.9 Å². The van der Waals surface area contributed by atoms with Crippen molar-refractivity contribution in [3.8, 4) is 28.4 Å². The maximum atomic E-state index is 14.6. The third-order valence-electron chi connectivity index (χ3n) is 5.84. The Morgan fingerprint density at radius 1 is 1.03 bits per heavy atom. The maximum Gasteiger partial charge on any atom is 0.303 e. The van der Waals surface area contributed by atoms with Crippen LogP contribution in [0.5, 0.6) is 17.2 Å². The Balaban J connectivity index is 1.42. The number of hydrogen-bond acceptors (Lipinski definition) is 5. The highest BCUT2D eigenvalue weighted by Gasteiger charge is 2.15. The monoisotopic (exact) mass is 483 g/mol. The van der Waals surface area contributed by atoms with Crippen molar-refractivity contribution in [3.05, 3.63) is 76.9 Å². The van der Waals surface area contributed by atoms with Crippen molar-refractivity contribution >= 4 is 5.97 Å². The highest BCUT2D eigenvalue weighted by molar-refractivity contribution is 5.71. The van der Waals surface area contributed by atoms with Gasteiger partial charge in [-0.2, -0.15) is 0 Å². The van der Waals surface area contributed by atoms with E-state index in [-0.39, 0.29) is 30.9 Å². The second-order valence-corrected chi connectivity index (χ2v) is 8.28. The van der Waals surface area contributed by atoms with Crippen LogP contribution in [0.2, 0.25) is 0 Å². The molecule has 0 fully saturated rings. The van der Waals surface area contributed by atoms with E-state index in [1.54, 1.807) is 0 Å². The first kappa shape index (κ1) is 24.5. The first-order chi connectivity index (χ1) is 16.9. The molecule has 4 rings (SSSR count). The zero-order valence-electron chi connectivity index (χ0n) is 19.4. The van der Waals surface area contributed by atoms with E-state index in [1.807, 2.05) is 43.3 Å². The van der Waals surface area contributed by atoms with Gasteiger partial charge in [0.1, 0.15) is 25.6 Å². The number of rotatable bonds is 10. The van der Waals surface area contributed by atoms with Gasteiger partial charge in [-0.05, 0) is 60.3 Å². The fourth-order valence-corrected chi connectivity index (χ4v) is 3.92. The first-order valence-electron chi connectivity index (χ1n) is 11.4. The number of aliphatic carboxylic acids is 1. The smallest absolute Gasteiger partial charge is 0.303 e. The van der Waals surface area contributed by atoms with E-state index in [9.17, 15) is 13.6 Å². The van der Waals surface area contributed by atoms with Crippen molar-refractivity contribution in [2.45, 2.75) is 32.9 Å². The Morgan fingerprint density at radius 2 is 1.83 bits per heavy atom. The van der Waals surface area contributed by atoms with Crippen LogP contribution in [-0.4, -0.2) is 30.8 Å². The summed E-state index contributed by atoms with van der Waals surface area (Å²) < 4.78 is 46.0. The Morgan fingerprint density at radius 3 is 2.63 bits per heavy atom. The van der Waals surface area contributed by atoms with E-state index in [4.69, 9.17) is 19.3 Å². The average Bonchev–Trinajstić information content (AvgIpc) is 2.85. The molecule has 0 bridgehead atoms. The summed E-state index contributed by atoms with van der Waals surface area (Å²) in [5.74, 6) is -0.889. The molecule has 1 aliphatic rings. The van der Waals surface area contributed by atoms with E-state index in [0.717, 1.165) is 34.4 Å².